The summed E-state index contributed by atoms with van der Waals surface area (Å²) in [5.74, 6) is -0.551. The van der Waals surface area contributed by atoms with Crippen LogP contribution in [0.5, 0.6) is 0 Å². The van der Waals surface area contributed by atoms with Gasteiger partial charge in [-0.05, 0) is 25.2 Å². The minimum atomic E-state index is -0.743. The van der Waals surface area contributed by atoms with Crippen molar-refractivity contribution in [2.75, 3.05) is 27.2 Å². The number of hydrogen-bond acceptors (Lipinski definition) is 5. The summed E-state index contributed by atoms with van der Waals surface area (Å²) < 4.78 is 0. The fourth-order valence-corrected chi connectivity index (χ4v) is 3.17. The Bertz CT molecular complexity index is 869. The van der Waals surface area contributed by atoms with Gasteiger partial charge in [0, 0.05) is 25.9 Å². The highest BCUT2D eigenvalue weighted by atomic mass is 16.6. The molecule has 0 saturated heterocycles. The summed E-state index contributed by atoms with van der Waals surface area (Å²) in [7, 11) is 3.88. The number of benzene rings is 2. The van der Waals surface area contributed by atoms with Gasteiger partial charge in [-0.2, -0.15) is 0 Å². The van der Waals surface area contributed by atoms with E-state index in [2.05, 4.69) is 15.8 Å². The monoisotopic (exact) mass is 408 g/mol. The Morgan fingerprint density at radius 1 is 1.10 bits per heavy atom. The molecule has 7 heteroatoms. The molecule has 2 unspecified atom stereocenters. The molecule has 2 amide bonds. The van der Waals surface area contributed by atoms with E-state index in [4.69, 9.17) is 4.84 Å². The smallest absolute Gasteiger partial charge is 0.265 e. The molecule has 0 fully saturated rings. The van der Waals surface area contributed by atoms with Crippen molar-refractivity contribution in [3.8, 4) is 0 Å². The van der Waals surface area contributed by atoms with E-state index in [0.717, 1.165) is 23.4 Å². The normalized spacial score (nSPS) is 16.5. The highest BCUT2D eigenvalue weighted by Crippen LogP contribution is 2.17. The fraction of sp³-hybridized carbons (Fsp3) is 0.348. The van der Waals surface area contributed by atoms with Crippen LogP contribution in [0.25, 0.3) is 0 Å². The Balaban J connectivity index is 1.62. The standard InChI is InChI=1S/C23H28N4O3/c1-27(2)14-13-24-22(28)20(15-17-9-5-3-6-10-17)25-23(29)21-16-19(26-30-21)18-11-7-4-8-12-18/h3-12,20-21H,13-16H2,1-2H3,(H,24,28)(H,25,29). The zero-order chi connectivity index (χ0) is 21.3. The van der Waals surface area contributed by atoms with Crippen molar-refractivity contribution in [2.24, 2.45) is 5.16 Å². The fourth-order valence-electron chi connectivity index (χ4n) is 3.17. The molecule has 2 aromatic carbocycles. The zero-order valence-corrected chi connectivity index (χ0v) is 17.4. The van der Waals surface area contributed by atoms with Crippen molar-refractivity contribution in [2.45, 2.75) is 25.0 Å². The molecule has 1 aliphatic heterocycles. The number of carbonyl (C=O) groups is 2. The van der Waals surface area contributed by atoms with E-state index < -0.39 is 12.1 Å². The van der Waals surface area contributed by atoms with Crippen molar-refractivity contribution in [1.29, 1.82) is 0 Å². The average Bonchev–Trinajstić information content (AvgIpc) is 3.25. The van der Waals surface area contributed by atoms with Crippen molar-refractivity contribution in [1.82, 2.24) is 15.5 Å². The van der Waals surface area contributed by atoms with Gasteiger partial charge in [-0.1, -0.05) is 65.8 Å². The SMILES string of the molecule is CN(C)CCNC(=O)C(Cc1ccccc1)NC(=O)C1CC(c2ccccc2)=NO1. The van der Waals surface area contributed by atoms with Crippen LogP contribution < -0.4 is 10.6 Å². The zero-order valence-electron chi connectivity index (χ0n) is 17.4. The molecular weight excluding hydrogens is 380 g/mol. The van der Waals surface area contributed by atoms with Crippen LogP contribution in [0.15, 0.2) is 65.8 Å². The third kappa shape index (κ3) is 6.15. The number of oxime groups is 1. The Morgan fingerprint density at radius 3 is 2.43 bits per heavy atom. The van der Waals surface area contributed by atoms with Crippen molar-refractivity contribution < 1.29 is 14.4 Å². The molecule has 0 saturated carbocycles. The number of likely N-dealkylation sites (N-methyl/N-ethyl adjacent to an activating group) is 1. The minimum Gasteiger partial charge on any atom is -0.382 e. The first-order valence-corrected chi connectivity index (χ1v) is 10.1. The van der Waals surface area contributed by atoms with Gasteiger partial charge < -0.3 is 20.4 Å². The van der Waals surface area contributed by atoms with Crippen LogP contribution in [-0.4, -0.2) is 61.8 Å². The molecule has 0 aliphatic carbocycles. The molecule has 3 rings (SSSR count). The molecule has 158 valence electrons. The molecule has 7 nitrogen and oxygen atoms in total. The molecular formula is C23H28N4O3. The summed E-state index contributed by atoms with van der Waals surface area (Å²) in [4.78, 5) is 32.9. The largest absolute Gasteiger partial charge is 0.382 e. The molecule has 2 N–H and O–H groups in total. The second-order valence-electron chi connectivity index (χ2n) is 7.55. The van der Waals surface area contributed by atoms with Gasteiger partial charge in [-0.3, -0.25) is 9.59 Å². The summed E-state index contributed by atoms with van der Waals surface area (Å²) >= 11 is 0. The molecule has 2 atom stereocenters. The minimum absolute atomic E-state index is 0.212. The second kappa shape index (κ2) is 10.5. The van der Waals surface area contributed by atoms with Gasteiger partial charge in [0.25, 0.3) is 5.91 Å². The first-order chi connectivity index (χ1) is 14.5. The quantitative estimate of drug-likeness (QED) is 0.660. The highest BCUT2D eigenvalue weighted by Gasteiger charge is 2.32. The third-order valence-electron chi connectivity index (χ3n) is 4.84. The van der Waals surface area contributed by atoms with Crippen LogP contribution in [0.1, 0.15) is 17.5 Å². The van der Waals surface area contributed by atoms with Gasteiger partial charge in [0.2, 0.25) is 12.0 Å². The average molecular weight is 409 g/mol. The molecule has 1 aliphatic rings. The van der Waals surface area contributed by atoms with E-state index in [1.165, 1.54) is 0 Å². The molecule has 30 heavy (non-hydrogen) atoms. The van der Waals surface area contributed by atoms with E-state index in [0.29, 0.717) is 19.4 Å². The van der Waals surface area contributed by atoms with Gasteiger partial charge in [0.1, 0.15) is 6.04 Å². The lowest BCUT2D eigenvalue weighted by atomic mass is 10.0. The summed E-state index contributed by atoms with van der Waals surface area (Å²) in [6.45, 7) is 1.23. The molecule has 0 radical (unpaired) electrons. The Hall–Kier alpha value is -3.19. The molecule has 1 heterocycles. The number of rotatable bonds is 9. The van der Waals surface area contributed by atoms with Gasteiger partial charge in [-0.15, -0.1) is 0 Å². The maximum absolute atomic E-state index is 12.8. The first kappa shape index (κ1) is 21.5. The number of amides is 2. The maximum atomic E-state index is 12.8. The van der Waals surface area contributed by atoms with E-state index in [1.54, 1.807) is 0 Å². The summed E-state index contributed by atoms with van der Waals surface area (Å²) in [5, 5.41) is 9.82. The number of nitrogens with zero attached hydrogens (tertiary/aromatic N) is 2. The molecule has 0 bridgehead atoms. The predicted molar refractivity (Wildman–Crippen MR) is 116 cm³/mol. The van der Waals surface area contributed by atoms with Crippen molar-refractivity contribution >= 4 is 17.5 Å². The van der Waals surface area contributed by atoms with E-state index >= 15 is 0 Å². The third-order valence-corrected chi connectivity index (χ3v) is 4.84. The number of carbonyl (C=O) groups excluding carboxylic acids is 2. The second-order valence-corrected chi connectivity index (χ2v) is 7.55. The first-order valence-electron chi connectivity index (χ1n) is 10.1. The Kier molecular flexibility index (Phi) is 7.57. The Labute approximate surface area is 177 Å². The van der Waals surface area contributed by atoms with Crippen LogP contribution in [-0.2, 0) is 20.8 Å². The predicted octanol–water partition coefficient (Wildman–Crippen LogP) is 1.58. The van der Waals surface area contributed by atoms with Crippen molar-refractivity contribution in [3.63, 3.8) is 0 Å². The Morgan fingerprint density at radius 2 is 1.77 bits per heavy atom. The summed E-state index contributed by atoms with van der Waals surface area (Å²) in [5.41, 5.74) is 2.62. The van der Waals surface area contributed by atoms with Crippen LogP contribution in [0.3, 0.4) is 0 Å². The lowest BCUT2D eigenvalue weighted by Gasteiger charge is -2.20. The van der Waals surface area contributed by atoms with Gasteiger partial charge in [-0.25, -0.2) is 0 Å². The van der Waals surface area contributed by atoms with Crippen LogP contribution in [0, 0.1) is 0 Å². The van der Waals surface area contributed by atoms with E-state index in [1.807, 2.05) is 79.7 Å². The summed E-state index contributed by atoms with van der Waals surface area (Å²) in [6.07, 6.45) is 0.0309. The van der Waals surface area contributed by atoms with Gasteiger partial charge in [0.05, 0.1) is 5.71 Å². The van der Waals surface area contributed by atoms with Crippen LogP contribution in [0.4, 0.5) is 0 Å². The molecule has 0 spiro atoms. The van der Waals surface area contributed by atoms with Gasteiger partial charge in [0.15, 0.2) is 0 Å². The molecule has 0 aromatic heterocycles. The highest BCUT2D eigenvalue weighted by molar-refractivity contribution is 6.04. The maximum Gasteiger partial charge on any atom is 0.265 e. The van der Waals surface area contributed by atoms with E-state index in [-0.39, 0.29) is 11.8 Å². The van der Waals surface area contributed by atoms with Crippen LogP contribution in [0.2, 0.25) is 0 Å². The lowest BCUT2D eigenvalue weighted by molar-refractivity contribution is -0.135. The number of hydrogen-bond donors (Lipinski definition) is 2. The van der Waals surface area contributed by atoms with Gasteiger partial charge >= 0.3 is 0 Å². The molecule has 2 aromatic rings. The topological polar surface area (TPSA) is 83.0 Å². The van der Waals surface area contributed by atoms with E-state index in [9.17, 15) is 9.59 Å². The summed E-state index contributed by atoms with van der Waals surface area (Å²) in [6, 6.07) is 18.6. The lowest BCUT2D eigenvalue weighted by Crippen LogP contribution is -2.51. The number of nitrogens with one attached hydrogen (secondary N) is 2. The van der Waals surface area contributed by atoms with Crippen molar-refractivity contribution in [3.05, 3.63) is 71.8 Å². The van der Waals surface area contributed by atoms with Crippen LogP contribution >= 0.6 is 0 Å².